The lowest BCUT2D eigenvalue weighted by molar-refractivity contribution is -0.151. The van der Waals surface area contributed by atoms with Crippen molar-refractivity contribution in [3.05, 3.63) is 33.8 Å². The van der Waals surface area contributed by atoms with Crippen molar-refractivity contribution in [2.75, 3.05) is 6.61 Å². The standard InChI is InChI=1S/C19H26Cl2N2O4/c1-6-19(4,5)23-15(24)10-27-18(26)16(11(2)3)22-17(25)13-8-7-12(20)9-14(13)21/h7-9,11,16H,6,10H2,1-5H3,(H,22,25)(H,23,24)/t16-/m0/s1. The van der Waals surface area contributed by atoms with Crippen LogP contribution in [0.4, 0.5) is 0 Å². The number of ether oxygens (including phenoxy) is 1. The minimum atomic E-state index is -0.920. The first-order valence-electron chi connectivity index (χ1n) is 8.70. The number of carbonyl (C=O) groups is 3. The summed E-state index contributed by atoms with van der Waals surface area (Å²) in [6.45, 7) is 8.80. The van der Waals surface area contributed by atoms with Crippen molar-refractivity contribution in [1.29, 1.82) is 0 Å². The number of amides is 2. The molecule has 0 unspecified atom stereocenters. The molecule has 6 nitrogen and oxygen atoms in total. The van der Waals surface area contributed by atoms with Crippen LogP contribution in [0.5, 0.6) is 0 Å². The first-order chi connectivity index (χ1) is 12.5. The summed E-state index contributed by atoms with van der Waals surface area (Å²) < 4.78 is 5.08. The topological polar surface area (TPSA) is 84.5 Å². The lowest BCUT2D eigenvalue weighted by Gasteiger charge is -2.25. The summed E-state index contributed by atoms with van der Waals surface area (Å²) >= 11 is 11.9. The second-order valence-corrected chi connectivity index (χ2v) is 8.06. The lowest BCUT2D eigenvalue weighted by atomic mass is 10.0. The Balaban J connectivity index is 2.73. The molecule has 1 aromatic rings. The SMILES string of the molecule is CCC(C)(C)NC(=O)COC(=O)[C@@H](NC(=O)c1ccc(Cl)cc1Cl)C(C)C. The highest BCUT2D eigenvalue weighted by molar-refractivity contribution is 6.36. The molecule has 0 aliphatic rings. The van der Waals surface area contributed by atoms with E-state index in [0.29, 0.717) is 5.02 Å². The minimum Gasteiger partial charge on any atom is -0.454 e. The molecule has 0 heterocycles. The molecule has 1 rings (SSSR count). The van der Waals surface area contributed by atoms with Crippen molar-refractivity contribution in [3.63, 3.8) is 0 Å². The van der Waals surface area contributed by atoms with Gasteiger partial charge in [0.15, 0.2) is 6.61 Å². The van der Waals surface area contributed by atoms with Gasteiger partial charge in [0.05, 0.1) is 10.6 Å². The summed E-state index contributed by atoms with van der Waals surface area (Å²) in [7, 11) is 0. The Labute approximate surface area is 169 Å². The lowest BCUT2D eigenvalue weighted by Crippen LogP contribution is -2.48. The van der Waals surface area contributed by atoms with E-state index in [9.17, 15) is 14.4 Å². The highest BCUT2D eigenvalue weighted by Gasteiger charge is 2.28. The number of rotatable bonds is 8. The van der Waals surface area contributed by atoms with Gasteiger partial charge in [-0.25, -0.2) is 4.79 Å². The van der Waals surface area contributed by atoms with Crippen LogP contribution in [0, 0.1) is 5.92 Å². The maximum Gasteiger partial charge on any atom is 0.329 e. The fourth-order valence-electron chi connectivity index (χ4n) is 2.12. The van der Waals surface area contributed by atoms with E-state index in [1.807, 2.05) is 20.8 Å². The summed E-state index contributed by atoms with van der Waals surface area (Å²) in [6.07, 6.45) is 0.735. The molecule has 1 atom stereocenters. The second kappa shape index (κ2) is 9.95. The van der Waals surface area contributed by atoms with Crippen LogP contribution in [-0.4, -0.2) is 36.0 Å². The van der Waals surface area contributed by atoms with Gasteiger partial charge in [-0.15, -0.1) is 0 Å². The fraction of sp³-hybridized carbons (Fsp3) is 0.526. The predicted molar refractivity (Wildman–Crippen MR) is 106 cm³/mol. The largest absolute Gasteiger partial charge is 0.454 e. The van der Waals surface area contributed by atoms with Crippen LogP contribution in [0.25, 0.3) is 0 Å². The molecular weight excluding hydrogens is 391 g/mol. The second-order valence-electron chi connectivity index (χ2n) is 7.21. The first kappa shape index (κ1) is 23.2. The van der Waals surface area contributed by atoms with Crippen molar-refractivity contribution < 1.29 is 19.1 Å². The van der Waals surface area contributed by atoms with E-state index < -0.39 is 30.4 Å². The number of nitrogens with one attached hydrogen (secondary N) is 2. The van der Waals surface area contributed by atoms with Crippen LogP contribution in [-0.2, 0) is 14.3 Å². The zero-order valence-corrected chi connectivity index (χ0v) is 17.7. The molecule has 2 N–H and O–H groups in total. The molecule has 0 saturated carbocycles. The molecule has 8 heteroatoms. The Morgan fingerprint density at radius 1 is 1.19 bits per heavy atom. The number of esters is 1. The number of halogens is 2. The highest BCUT2D eigenvalue weighted by Crippen LogP contribution is 2.21. The Morgan fingerprint density at radius 3 is 2.33 bits per heavy atom. The number of carbonyl (C=O) groups excluding carboxylic acids is 3. The van der Waals surface area contributed by atoms with Crippen LogP contribution in [0.1, 0.15) is 51.4 Å². The smallest absolute Gasteiger partial charge is 0.329 e. The van der Waals surface area contributed by atoms with Gasteiger partial charge in [0.2, 0.25) is 0 Å². The molecule has 27 heavy (non-hydrogen) atoms. The first-order valence-corrected chi connectivity index (χ1v) is 9.46. The Bertz CT molecular complexity index is 705. The molecule has 0 aromatic heterocycles. The fourth-order valence-corrected chi connectivity index (χ4v) is 2.61. The van der Waals surface area contributed by atoms with Gasteiger partial charge < -0.3 is 15.4 Å². The molecule has 0 spiro atoms. The zero-order valence-electron chi connectivity index (χ0n) is 16.2. The molecule has 0 aliphatic carbocycles. The predicted octanol–water partition coefficient (Wildman–Crippen LogP) is 3.60. The van der Waals surface area contributed by atoms with Crippen molar-refractivity contribution >= 4 is 41.0 Å². The van der Waals surface area contributed by atoms with Crippen LogP contribution < -0.4 is 10.6 Å². The zero-order chi connectivity index (χ0) is 20.8. The highest BCUT2D eigenvalue weighted by atomic mass is 35.5. The van der Waals surface area contributed by atoms with E-state index in [1.165, 1.54) is 18.2 Å². The number of hydrogen-bond acceptors (Lipinski definition) is 4. The molecule has 1 aromatic carbocycles. The van der Waals surface area contributed by atoms with Crippen LogP contribution >= 0.6 is 23.2 Å². The number of hydrogen-bond donors (Lipinski definition) is 2. The summed E-state index contributed by atoms with van der Waals surface area (Å²) in [5.74, 6) is -1.86. The Kier molecular flexibility index (Phi) is 8.57. The molecule has 0 bridgehead atoms. The van der Waals surface area contributed by atoms with Crippen molar-refractivity contribution in [1.82, 2.24) is 10.6 Å². The summed E-state index contributed by atoms with van der Waals surface area (Å²) in [5.41, 5.74) is -0.192. The van der Waals surface area contributed by atoms with Gasteiger partial charge >= 0.3 is 5.97 Å². The summed E-state index contributed by atoms with van der Waals surface area (Å²) in [5, 5.41) is 5.96. The maximum atomic E-state index is 12.4. The van der Waals surface area contributed by atoms with E-state index in [2.05, 4.69) is 10.6 Å². The Hall–Kier alpha value is -1.79. The molecule has 0 radical (unpaired) electrons. The van der Waals surface area contributed by atoms with Crippen LogP contribution in [0.2, 0.25) is 10.0 Å². The number of benzene rings is 1. The normalized spacial score (nSPS) is 12.4. The molecule has 0 saturated heterocycles. The van der Waals surface area contributed by atoms with E-state index in [-0.39, 0.29) is 22.0 Å². The third kappa shape index (κ3) is 7.39. The van der Waals surface area contributed by atoms with Crippen molar-refractivity contribution in [2.24, 2.45) is 5.92 Å². The van der Waals surface area contributed by atoms with E-state index in [1.54, 1.807) is 13.8 Å². The summed E-state index contributed by atoms with van der Waals surface area (Å²) in [6, 6.07) is 3.53. The molecule has 150 valence electrons. The average Bonchev–Trinajstić information content (AvgIpc) is 2.56. The van der Waals surface area contributed by atoms with Crippen molar-refractivity contribution in [2.45, 2.75) is 52.6 Å². The molecular formula is C19H26Cl2N2O4. The molecule has 0 fully saturated rings. The molecule has 2 amide bonds. The molecule has 0 aliphatic heterocycles. The van der Waals surface area contributed by atoms with Gasteiger partial charge in [0, 0.05) is 10.6 Å². The Morgan fingerprint density at radius 2 is 1.81 bits per heavy atom. The third-order valence-electron chi connectivity index (χ3n) is 4.09. The van der Waals surface area contributed by atoms with Gasteiger partial charge in [-0.3, -0.25) is 9.59 Å². The van der Waals surface area contributed by atoms with Crippen LogP contribution in [0.15, 0.2) is 18.2 Å². The van der Waals surface area contributed by atoms with Gasteiger partial charge in [0.25, 0.3) is 11.8 Å². The van der Waals surface area contributed by atoms with Crippen molar-refractivity contribution in [3.8, 4) is 0 Å². The third-order valence-corrected chi connectivity index (χ3v) is 4.64. The summed E-state index contributed by atoms with van der Waals surface area (Å²) in [4.78, 5) is 36.7. The average molecular weight is 417 g/mol. The van der Waals surface area contributed by atoms with E-state index in [4.69, 9.17) is 27.9 Å². The van der Waals surface area contributed by atoms with Gasteiger partial charge in [-0.1, -0.05) is 44.0 Å². The van der Waals surface area contributed by atoms with E-state index >= 15 is 0 Å². The van der Waals surface area contributed by atoms with Gasteiger partial charge in [-0.2, -0.15) is 0 Å². The maximum absolute atomic E-state index is 12.4. The van der Waals surface area contributed by atoms with E-state index in [0.717, 1.165) is 6.42 Å². The van der Waals surface area contributed by atoms with Gasteiger partial charge in [-0.05, 0) is 44.4 Å². The van der Waals surface area contributed by atoms with Gasteiger partial charge in [0.1, 0.15) is 6.04 Å². The quantitative estimate of drug-likeness (QED) is 0.633. The van der Waals surface area contributed by atoms with Crippen LogP contribution in [0.3, 0.4) is 0 Å². The monoisotopic (exact) mass is 416 g/mol. The minimum absolute atomic E-state index is 0.178.